The minimum absolute atomic E-state index is 0.0604. The highest BCUT2D eigenvalue weighted by atomic mass is 32.2. The number of nitrogens with zero attached hydrogens (tertiary/aromatic N) is 4. The summed E-state index contributed by atoms with van der Waals surface area (Å²) in [5.41, 5.74) is 4.01. The highest BCUT2D eigenvalue weighted by molar-refractivity contribution is 7.89. The van der Waals surface area contributed by atoms with Crippen LogP contribution in [0.3, 0.4) is 0 Å². The molecule has 9 heteroatoms. The Balaban J connectivity index is 1.24. The van der Waals surface area contributed by atoms with E-state index in [0.29, 0.717) is 43.6 Å². The molecular formula is C27H34N4O3S2. The predicted molar refractivity (Wildman–Crippen MR) is 145 cm³/mol. The van der Waals surface area contributed by atoms with Gasteiger partial charge in [0.25, 0.3) is 5.91 Å². The highest BCUT2D eigenvalue weighted by Crippen LogP contribution is 2.33. The molecule has 0 saturated carbocycles. The van der Waals surface area contributed by atoms with E-state index in [1.807, 2.05) is 4.90 Å². The Hall–Kier alpha value is -2.49. The Morgan fingerprint density at radius 2 is 1.53 bits per heavy atom. The summed E-state index contributed by atoms with van der Waals surface area (Å²) in [6.45, 7) is 12.2. The number of benzene rings is 2. The minimum atomic E-state index is -3.55. The maximum absolute atomic E-state index is 13.2. The van der Waals surface area contributed by atoms with Crippen molar-refractivity contribution in [3.05, 3.63) is 53.1 Å². The van der Waals surface area contributed by atoms with Gasteiger partial charge >= 0.3 is 0 Å². The van der Waals surface area contributed by atoms with Crippen molar-refractivity contribution in [2.75, 3.05) is 44.2 Å². The maximum atomic E-state index is 13.2. The lowest BCUT2D eigenvalue weighted by Gasteiger charge is -2.35. The second-order valence-corrected chi connectivity index (χ2v) is 13.4. The molecule has 2 saturated heterocycles. The van der Waals surface area contributed by atoms with Gasteiger partial charge in [0.15, 0.2) is 5.13 Å². The molecule has 3 heterocycles. The number of hydrogen-bond acceptors (Lipinski definition) is 6. The van der Waals surface area contributed by atoms with Crippen LogP contribution in [0.15, 0.2) is 41.3 Å². The summed E-state index contributed by atoms with van der Waals surface area (Å²) in [6.07, 6.45) is 1.05. The standard InChI is InChI=1S/C27H34N4O3S2/c1-18-15-19(2)17-31(16-18)36(33,34)23-9-7-22(8-10-23)26(32)29-11-13-30(14-12-29)27-28-24-20(3)5-6-21(4)25(24)35-27/h5-10,18-19H,11-17H2,1-4H3. The summed E-state index contributed by atoms with van der Waals surface area (Å²) >= 11 is 1.72. The summed E-state index contributed by atoms with van der Waals surface area (Å²) < 4.78 is 29.1. The summed E-state index contributed by atoms with van der Waals surface area (Å²) in [4.78, 5) is 22.4. The van der Waals surface area contributed by atoms with Crippen molar-refractivity contribution in [1.82, 2.24) is 14.2 Å². The van der Waals surface area contributed by atoms with Crippen molar-refractivity contribution in [3.63, 3.8) is 0 Å². The molecule has 7 nitrogen and oxygen atoms in total. The van der Waals surface area contributed by atoms with E-state index in [-0.39, 0.29) is 10.8 Å². The molecule has 2 aromatic carbocycles. The van der Waals surface area contributed by atoms with Crippen molar-refractivity contribution in [2.45, 2.75) is 39.0 Å². The largest absolute Gasteiger partial charge is 0.345 e. The predicted octanol–water partition coefficient (Wildman–Crippen LogP) is 4.54. The van der Waals surface area contributed by atoms with Crippen molar-refractivity contribution >= 4 is 42.6 Å². The van der Waals surface area contributed by atoms with E-state index in [4.69, 9.17) is 4.98 Å². The third-order valence-electron chi connectivity index (χ3n) is 7.34. The van der Waals surface area contributed by atoms with Crippen LogP contribution in [0, 0.1) is 25.7 Å². The van der Waals surface area contributed by atoms with E-state index in [1.165, 1.54) is 15.8 Å². The molecule has 2 atom stereocenters. The molecular weight excluding hydrogens is 492 g/mol. The third kappa shape index (κ3) is 4.76. The van der Waals surface area contributed by atoms with Gasteiger partial charge in [-0.2, -0.15) is 4.31 Å². The van der Waals surface area contributed by atoms with E-state index < -0.39 is 10.0 Å². The van der Waals surface area contributed by atoms with Crippen molar-refractivity contribution in [3.8, 4) is 0 Å². The third-order valence-corrected chi connectivity index (χ3v) is 10.4. The van der Waals surface area contributed by atoms with Crippen LogP contribution in [0.5, 0.6) is 0 Å². The lowest BCUT2D eigenvalue weighted by molar-refractivity contribution is 0.0746. The smallest absolute Gasteiger partial charge is 0.253 e. The molecule has 5 rings (SSSR count). The molecule has 2 unspecified atom stereocenters. The zero-order valence-electron chi connectivity index (χ0n) is 21.4. The quantitative estimate of drug-likeness (QED) is 0.499. The van der Waals surface area contributed by atoms with Gasteiger partial charge < -0.3 is 9.80 Å². The SMILES string of the molecule is Cc1ccc(C)c2sc(N3CCN(C(=O)c4ccc(S(=O)(=O)N5CC(C)CC(C)C5)cc4)CC3)nc12. The van der Waals surface area contributed by atoms with Crippen LogP contribution in [0.25, 0.3) is 10.2 Å². The molecule has 1 aromatic heterocycles. The van der Waals surface area contributed by atoms with Crippen LogP contribution < -0.4 is 4.90 Å². The molecule has 36 heavy (non-hydrogen) atoms. The van der Waals surface area contributed by atoms with Gasteiger partial charge in [0.2, 0.25) is 10.0 Å². The van der Waals surface area contributed by atoms with Gasteiger partial charge in [0.05, 0.1) is 15.1 Å². The molecule has 2 aliphatic rings. The summed E-state index contributed by atoms with van der Waals surface area (Å²) in [5, 5.41) is 1.01. The number of rotatable bonds is 4. The molecule has 3 aromatic rings. The number of sulfonamides is 1. The number of fused-ring (bicyclic) bond motifs is 1. The number of carbonyl (C=O) groups is 1. The molecule has 0 N–H and O–H groups in total. The maximum Gasteiger partial charge on any atom is 0.253 e. The average molecular weight is 527 g/mol. The van der Waals surface area contributed by atoms with Crippen molar-refractivity contribution < 1.29 is 13.2 Å². The number of carbonyl (C=O) groups excluding carboxylic acids is 1. The summed E-state index contributed by atoms with van der Waals surface area (Å²) in [5.74, 6) is 0.632. The number of hydrogen-bond donors (Lipinski definition) is 0. The molecule has 0 aliphatic carbocycles. The number of piperazine rings is 1. The second kappa shape index (κ2) is 9.76. The topological polar surface area (TPSA) is 73.8 Å². The number of thiazole rings is 1. The van der Waals surface area contributed by atoms with Gasteiger partial charge in [-0.15, -0.1) is 0 Å². The molecule has 2 aliphatic heterocycles. The Labute approximate surface area is 217 Å². The van der Waals surface area contributed by atoms with Crippen LogP contribution in [-0.4, -0.2) is 67.8 Å². The number of anilines is 1. The van der Waals surface area contributed by atoms with Gasteiger partial charge in [-0.05, 0) is 67.5 Å². The zero-order chi connectivity index (χ0) is 25.6. The van der Waals surface area contributed by atoms with E-state index in [1.54, 1.807) is 39.9 Å². The number of amides is 1. The van der Waals surface area contributed by atoms with Gasteiger partial charge in [0, 0.05) is 44.8 Å². The fraction of sp³-hybridized carbons (Fsp3) is 0.481. The van der Waals surface area contributed by atoms with Crippen LogP contribution in [-0.2, 0) is 10.0 Å². The van der Waals surface area contributed by atoms with Gasteiger partial charge in [-0.3, -0.25) is 4.79 Å². The average Bonchev–Trinajstić information content (AvgIpc) is 3.33. The normalized spacial score (nSPS) is 21.8. The van der Waals surface area contributed by atoms with Crippen LogP contribution in [0.1, 0.15) is 41.8 Å². The first-order chi connectivity index (χ1) is 17.1. The lowest BCUT2D eigenvalue weighted by atomic mass is 9.94. The first kappa shape index (κ1) is 25.2. The van der Waals surface area contributed by atoms with Gasteiger partial charge in [-0.1, -0.05) is 37.3 Å². The minimum Gasteiger partial charge on any atom is -0.345 e. The second-order valence-electron chi connectivity index (χ2n) is 10.4. The Kier molecular flexibility index (Phi) is 6.82. The Bertz CT molecular complexity index is 1330. The molecule has 192 valence electrons. The molecule has 1 amide bonds. The first-order valence-electron chi connectivity index (χ1n) is 12.6. The molecule has 0 radical (unpaired) electrons. The van der Waals surface area contributed by atoms with Gasteiger partial charge in [-0.25, -0.2) is 13.4 Å². The lowest BCUT2D eigenvalue weighted by Crippen LogP contribution is -2.48. The molecule has 0 spiro atoms. The van der Waals surface area contributed by atoms with Crippen molar-refractivity contribution in [1.29, 1.82) is 0 Å². The van der Waals surface area contributed by atoms with E-state index in [9.17, 15) is 13.2 Å². The van der Waals surface area contributed by atoms with E-state index >= 15 is 0 Å². The molecule has 0 bridgehead atoms. The monoisotopic (exact) mass is 526 g/mol. The van der Waals surface area contributed by atoms with E-state index in [2.05, 4.69) is 44.7 Å². The molecule has 2 fully saturated rings. The summed E-state index contributed by atoms with van der Waals surface area (Å²) in [6, 6.07) is 10.7. The van der Waals surface area contributed by atoms with Crippen LogP contribution in [0.4, 0.5) is 5.13 Å². The number of aryl methyl sites for hydroxylation is 2. The zero-order valence-corrected chi connectivity index (χ0v) is 23.0. The Morgan fingerprint density at radius 3 is 2.14 bits per heavy atom. The van der Waals surface area contributed by atoms with Crippen molar-refractivity contribution in [2.24, 2.45) is 11.8 Å². The fourth-order valence-electron chi connectivity index (χ4n) is 5.39. The van der Waals surface area contributed by atoms with E-state index in [0.717, 1.165) is 30.2 Å². The number of piperidine rings is 1. The highest BCUT2D eigenvalue weighted by Gasteiger charge is 2.32. The Morgan fingerprint density at radius 1 is 0.917 bits per heavy atom. The van der Waals surface area contributed by atoms with Gasteiger partial charge in [0.1, 0.15) is 0 Å². The number of aromatic nitrogens is 1. The van der Waals surface area contributed by atoms with Crippen LogP contribution in [0.2, 0.25) is 0 Å². The first-order valence-corrected chi connectivity index (χ1v) is 14.9. The van der Waals surface area contributed by atoms with Crippen LogP contribution >= 0.6 is 11.3 Å². The fourth-order valence-corrected chi connectivity index (χ4v) is 8.23. The summed E-state index contributed by atoms with van der Waals surface area (Å²) in [7, 11) is -3.55.